The molecule has 0 fully saturated rings. The van der Waals surface area contributed by atoms with Crippen molar-refractivity contribution in [1.82, 2.24) is 4.98 Å². The van der Waals surface area contributed by atoms with Crippen LogP contribution in [-0.4, -0.2) is 29.4 Å². The van der Waals surface area contributed by atoms with Crippen molar-refractivity contribution in [3.63, 3.8) is 0 Å². The lowest BCUT2D eigenvalue weighted by Gasteiger charge is -2.33. The number of hydrogen-bond donors (Lipinski definition) is 1. The molecule has 6 nitrogen and oxygen atoms in total. The SMILES string of the molecule is CCCc1nc(-c2ccc3c(c2)N(C(C)C(=O)Nc2cc(Cl)cc(Cl)c2)C(=O)CO3)cs1. The maximum absolute atomic E-state index is 13.0. The van der Waals surface area contributed by atoms with Gasteiger partial charge in [0.1, 0.15) is 11.8 Å². The molecule has 0 saturated carbocycles. The molecule has 0 aliphatic carbocycles. The molecule has 0 radical (unpaired) electrons. The van der Waals surface area contributed by atoms with Crippen molar-refractivity contribution in [1.29, 1.82) is 0 Å². The number of carbonyl (C=O) groups excluding carboxylic acids is 2. The summed E-state index contributed by atoms with van der Waals surface area (Å²) in [6.45, 7) is 3.65. The molecule has 0 bridgehead atoms. The molecule has 3 aromatic rings. The number of ether oxygens (including phenoxy) is 1. The molecule has 1 unspecified atom stereocenters. The highest BCUT2D eigenvalue weighted by Crippen LogP contribution is 2.37. The number of thiazole rings is 1. The van der Waals surface area contributed by atoms with E-state index in [9.17, 15) is 9.59 Å². The van der Waals surface area contributed by atoms with Crippen molar-refractivity contribution < 1.29 is 14.3 Å². The normalized spacial score (nSPS) is 14.0. The molecule has 2 amide bonds. The highest BCUT2D eigenvalue weighted by molar-refractivity contribution is 7.09. The summed E-state index contributed by atoms with van der Waals surface area (Å²) in [6, 6.07) is 9.56. The number of benzene rings is 2. The van der Waals surface area contributed by atoms with Gasteiger partial charge in [0.2, 0.25) is 5.91 Å². The standard InChI is InChI=1S/C23H21Cl2N3O3S/c1-3-4-21-27-18(12-32-21)14-5-6-20-19(7-14)28(22(29)11-31-20)13(2)23(30)26-17-9-15(24)8-16(25)10-17/h5-10,12-13H,3-4,11H2,1-2H3,(H,26,30). The number of nitrogens with zero attached hydrogens (tertiary/aromatic N) is 2. The monoisotopic (exact) mass is 489 g/mol. The zero-order chi connectivity index (χ0) is 22.8. The van der Waals surface area contributed by atoms with Gasteiger partial charge in [0.05, 0.1) is 16.4 Å². The third kappa shape index (κ3) is 4.75. The highest BCUT2D eigenvalue weighted by atomic mass is 35.5. The Balaban J connectivity index is 1.62. The van der Waals surface area contributed by atoms with E-state index in [0.29, 0.717) is 27.2 Å². The van der Waals surface area contributed by atoms with Crippen LogP contribution in [0.1, 0.15) is 25.3 Å². The van der Waals surface area contributed by atoms with Gasteiger partial charge >= 0.3 is 0 Å². The van der Waals surface area contributed by atoms with Crippen LogP contribution in [-0.2, 0) is 16.0 Å². The number of halogens is 2. The van der Waals surface area contributed by atoms with Gasteiger partial charge in [0, 0.05) is 26.7 Å². The number of aromatic nitrogens is 1. The van der Waals surface area contributed by atoms with Gasteiger partial charge in [-0.05, 0) is 56.2 Å². The Morgan fingerprint density at radius 3 is 2.72 bits per heavy atom. The van der Waals surface area contributed by atoms with Gasteiger partial charge in [0.25, 0.3) is 5.91 Å². The summed E-state index contributed by atoms with van der Waals surface area (Å²) in [7, 11) is 0. The third-order valence-corrected chi connectivity index (χ3v) is 6.39. The average molecular weight is 490 g/mol. The molecule has 2 heterocycles. The Morgan fingerprint density at radius 1 is 1.25 bits per heavy atom. The number of carbonyl (C=O) groups is 2. The zero-order valence-electron chi connectivity index (χ0n) is 17.5. The molecule has 32 heavy (non-hydrogen) atoms. The number of nitrogens with one attached hydrogen (secondary N) is 1. The van der Waals surface area contributed by atoms with E-state index in [1.807, 2.05) is 23.6 Å². The molecule has 1 aliphatic heterocycles. The van der Waals surface area contributed by atoms with Crippen molar-refractivity contribution >= 4 is 57.7 Å². The largest absolute Gasteiger partial charge is 0.482 e. The van der Waals surface area contributed by atoms with Crippen LogP contribution in [0.4, 0.5) is 11.4 Å². The Morgan fingerprint density at radius 2 is 2.00 bits per heavy atom. The summed E-state index contributed by atoms with van der Waals surface area (Å²) >= 11 is 13.7. The minimum Gasteiger partial charge on any atom is -0.482 e. The summed E-state index contributed by atoms with van der Waals surface area (Å²) in [4.78, 5) is 31.9. The second kappa shape index (κ2) is 9.48. The first kappa shape index (κ1) is 22.6. The van der Waals surface area contributed by atoms with Gasteiger partial charge in [-0.2, -0.15) is 0 Å². The van der Waals surface area contributed by atoms with Crippen molar-refractivity contribution in [3.8, 4) is 17.0 Å². The molecular weight excluding hydrogens is 469 g/mol. The first-order chi connectivity index (χ1) is 15.4. The summed E-state index contributed by atoms with van der Waals surface area (Å²) in [5, 5.41) is 6.66. The van der Waals surface area contributed by atoms with Gasteiger partial charge in [-0.25, -0.2) is 4.98 Å². The summed E-state index contributed by atoms with van der Waals surface area (Å²) in [5.41, 5.74) is 2.69. The second-order valence-electron chi connectivity index (χ2n) is 7.43. The minimum absolute atomic E-state index is 0.135. The minimum atomic E-state index is -0.788. The van der Waals surface area contributed by atoms with E-state index in [-0.39, 0.29) is 18.4 Å². The molecular formula is C23H21Cl2N3O3S. The van der Waals surface area contributed by atoms with Gasteiger partial charge < -0.3 is 10.1 Å². The lowest BCUT2D eigenvalue weighted by atomic mass is 10.1. The molecule has 0 spiro atoms. The molecule has 0 saturated heterocycles. The first-order valence-corrected chi connectivity index (χ1v) is 11.8. The second-order valence-corrected chi connectivity index (χ2v) is 9.25. The molecule has 1 atom stereocenters. The van der Waals surface area contributed by atoms with E-state index in [0.717, 1.165) is 29.1 Å². The van der Waals surface area contributed by atoms with Crippen LogP contribution < -0.4 is 15.0 Å². The number of fused-ring (bicyclic) bond motifs is 1. The van der Waals surface area contributed by atoms with Crippen LogP contribution in [0.15, 0.2) is 41.8 Å². The van der Waals surface area contributed by atoms with E-state index in [1.165, 1.54) is 4.90 Å². The van der Waals surface area contributed by atoms with Crippen LogP contribution >= 0.6 is 34.5 Å². The van der Waals surface area contributed by atoms with Crippen LogP contribution in [0.2, 0.25) is 10.0 Å². The van der Waals surface area contributed by atoms with Crippen LogP contribution in [0, 0.1) is 0 Å². The summed E-state index contributed by atoms with van der Waals surface area (Å²) in [6.07, 6.45) is 1.95. The Kier molecular flexibility index (Phi) is 6.69. The smallest absolute Gasteiger partial charge is 0.265 e. The number of amides is 2. The molecule has 1 N–H and O–H groups in total. The molecule has 2 aromatic carbocycles. The fraction of sp³-hybridized carbons (Fsp3) is 0.261. The van der Waals surface area contributed by atoms with E-state index in [2.05, 4.69) is 17.2 Å². The number of hydrogen-bond acceptors (Lipinski definition) is 5. The van der Waals surface area contributed by atoms with E-state index in [4.69, 9.17) is 27.9 Å². The Bertz CT molecular complexity index is 1160. The molecule has 4 rings (SSSR count). The predicted molar refractivity (Wildman–Crippen MR) is 129 cm³/mol. The van der Waals surface area contributed by atoms with Crippen LogP contribution in [0.3, 0.4) is 0 Å². The van der Waals surface area contributed by atoms with Crippen molar-refractivity contribution in [2.24, 2.45) is 0 Å². The third-order valence-electron chi connectivity index (χ3n) is 5.05. The van der Waals surface area contributed by atoms with Crippen molar-refractivity contribution in [2.45, 2.75) is 32.7 Å². The van der Waals surface area contributed by atoms with Crippen molar-refractivity contribution in [2.75, 3.05) is 16.8 Å². The van der Waals surface area contributed by atoms with E-state index in [1.54, 1.807) is 36.5 Å². The summed E-state index contributed by atoms with van der Waals surface area (Å²) in [5.74, 6) is -0.122. The Labute approximate surface area is 200 Å². The quantitative estimate of drug-likeness (QED) is 0.473. The van der Waals surface area contributed by atoms with Gasteiger partial charge in [-0.15, -0.1) is 11.3 Å². The average Bonchev–Trinajstić information content (AvgIpc) is 3.21. The van der Waals surface area contributed by atoms with E-state index < -0.39 is 6.04 Å². The van der Waals surface area contributed by atoms with Crippen LogP contribution in [0.5, 0.6) is 5.75 Å². The number of rotatable bonds is 6. The maximum atomic E-state index is 13.0. The zero-order valence-corrected chi connectivity index (χ0v) is 19.9. The predicted octanol–water partition coefficient (Wildman–Crippen LogP) is 5.82. The fourth-order valence-electron chi connectivity index (χ4n) is 3.52. The lowest BCUT2D eigenvalue weighted by molar-refractivity contribution is -0.125. The topological polar surface area (TPSA) is 71.5 Å². The molecule has 1 aliphatic rings. The number of aryl methyl sites for hydroxylation is 1. The van der Waals surface area contributed by atoms with Crippen LogP contribution in [0.25, 0.3) is 11.3 Å². The first-order valence-electron chi connectivity index (χ1n) is 10.2. The molecule has 9 heteroatoms. The fourth-order valence-corrected chi connectivity index (χ4v) is 4.95. The van der Waals surface area contributed by atoms with Gasteiger partial charge in [-0.1, -0.05) is 30.1 Å². The molecule has 1 aromatic heterocycles. The highest BCUT2D eigenvalue weighted by Gasteiger charge is 2.33. The van der Waals surface area contributed by atoms with E-state index >= 15 is 0 Å². The van der Waals surface area contributed by atoms with Gasteiger partial charge in [-0.3, -0.25) is 14.5 Å². The summed E-state index contributed by atoms with van der Waals surface area (Å²) < 4.78 is 5.60. The molecule has 166 valence electrons. The maximum Gasteiger partial charge on any atom is 0.265 e. The van der Waals surface area contributed by atoms with Gasteiger partial charge in [0.15, 0.2) is 6.61 Å². The number of anilines is 2. The lowest BCUT2D eigenvalue weighted by Crippen LogP contribution is -2.49. The Hall–Kier alpha value is -2.61. The van der Waals surface area contributed by atoms with Crippen molar-refractivity contribution in [3.05, 3.63) is 56.8 Å².